The fourth-order valence-electron chi connectivity index (χ4n) is 5.87. The van der Waals surface area contributed by atoms with Crippen molar-refractivity contribution in [1.29, 1.82) is 0 Å². The van der Waals surface area contributed by atoms with Crippen molar-refractivity contribution in [3.63, 3.8) is 0 Å². The molecule has 1 amide bonds. The Morgan fingerprint density at radius 3 is 2.30 bits per heavy atom. The molecule has 208 valence electrons. The van der Waals surface area contributed by atoms with Crippen LogP contribution in [0.15, 0.2) is 66.7 Å². The molecule has 0 radical (unpaired) electrons. The number of rotatable bonds is 9. The number of benzene rings is 3. The fourth-order valence-corrected chi connectivity index (χ4v) is 7.34. The van der Waals surface area contributed by atoms with Gasteiger partial charge in [-0.25, -0.2) is 0 Å². The number of nitrogens with one attached hydrogen (secondary N) is 1. The SMILES string of the molecule is CCCc1ccc(-c2ccc(C(C)=O)cc2)cc1CN(C(=O)c1sc2ccccc2c1Cl)[C@H]1CC[C@H](NC)CC1. The molecule has 0 aliphatic heterocycles. The molecule has 1 saturated carbocycles. The van der Waals surface area contributed by atoms with Gasteiger partial charge < -0.3 is 10.2 Å². The number of hydrogen-bond donors (Lipinski definition) is 1. The lowest BCUT2D eigenvalue weighted by molar-refractivity contribution is 0.0605. The molecule has 0 atom stereocenters. The maximum atomic E-state index is 14.3. The summed E-state index contributed by atoms with van der Waals surface area (Å²) in [6, 6.07) is 23.0. The first-order chi connectivity index (χ1) is 19.4. The van der Waals surface area contributed by atoms with Crippen LogP contribution in [-0.4, -0.2) is 35.7 Å². The van der Waals surface area contributed by atoms with Crippen LogP contribution < -0.4 is 5.32 Å². The van der Waals surface area contributed by atoms with Gasteiger partial charge in [0.25, 0.3) is 5.91 Å². The molecule has 1 fully saturated rings. The van der Waals surface area contributed by atoms with Crippen LogP contribution in [-0.2, 0) is 13.0 Å². The quantitative estimate of drug-likeness (QED) is 0.204. The van der Waals surface area contributed by atoms with Crippen LogP contribution in [0.2, 0.25) is 5.02 Å². The van der Waals surface area contributed by atoms with E-state index in [1.54, 1.807) is 6.92 Å². The average molecular weight is 573 g/mol. The first-order valence-electron chi connectivity index (χ1n) is 14.3. The Balaban J connectivity index is 1.53. The summed E-state index contributed by atoms with van der Waals surface area (Å²) in [7, 11) is 2.02. The summed E-state index contributed by atoms with van der Waals surface area (Å²) in [4.78, 5) is 28.8. The highest BCUT2D eigenvalue weighted by molar-refractivity contribution is 7.21. The normalized spacial score (nSPS) is 17.2. The minimum Gasteiger partial charge on any atom is -0.331 e. The van der Waals surface area contributed by atoms with Crippen molar-refractivity contribution in [3.05, 3.63) is 93.3 Å². The summed E-state index contributed by atoms with van der Waals surface area (Å²) >= 11 is 8.33. The second kappa shape index (κ2) is 12.7. The molecule has 4 aromatic rings. The van der Waals surface area contributed by atoms with Crippen molar-refractivity contribution in [3.8, 4) is 11.1 Å². The molecule has 6 heteroatoms. The molecule has 1 heterocycles. The van der Waals surface area contributed by atoms with Gasteiger partial charge in [0.1, 0.15) is 4.88 Å². The highest BCUT2D eigenvalue weighted by Crippen LogP contribution is 2.38. The largest absolute Gasteiger partial charge is 0.331 e. The van der Waals surface area contributed by atoms with E-state index in [-0.39, 0.29) is 17.7 Å². The van der Waals surface area contributed by atoms with Gasteiger partial charge in [-0.2, -0.15) is 0 Å². The van der Waals surface area contributed by atoms with Crippen LogP contribution in [0.4, 0.5) is 0 Å². The molecule has 0 unspecified atom stereocenters. The van der Waals surface area contributed by atoms with Crippen molar-refractivity contribution in [1.82, 2.24) is 10.2 Å². The number of Topliss-reactive ketones (excluding diaryl/α,β-unsaturated/α-hetero) is 1. The highest BCUT2D eigenvalue weighted by Gasteiger charge is 2.32. The second-order valence-electron chi connectivity index (χ2n) is 10.8. The average Bonchev–Trinajstić information content (AvgIpc) is 3.33. The third kappa shape index (κ3) is 6.02. The van der Waals surface area contributed by atoms with Gasteiger partial charge in [-0.1, -0.05) is 79.5 Å². The summed E-state index contributed by atoms with van der Waals surface area (Å²) in [6.07, 6.45) is 6.02. The molecule has 0 spiro atoms. The predicted octanol–water partition coefficient (Wildman–Crippen LogP) is 8.55. The van der Waals surface area contributed by atoms with Gasteiger partial charge in [-0.3, -0.25) is 9.59 Å². The van der Waals surface area contributed by atoms with Gasteiger partial charge in [0.2, 0.25) is 0 Å². The third-order valence-electron chi connectivity index (χ3n) is 8.23. The van der Waals surface area contributed by atoms with Crippen molar-refractivity contribution in [2.75, 3.05) is 7.05 Å². The molecule has 1 N–H and O–H groups in total. The lowest BCUT2D eigenvalue weighted by atomic mass is 9.89. The van der Waals surface area contributed by atoms with Crippen LogP contribution in [0, 0.1) is 0 Å². The molecule has 1 aliphatic rings. The van der Waals surface area contributed by atoms with E-state index in [0.29, 0.717) is 28.0 Å². The van der Waals surface area contributed by atoms with E-state index >= 15 is 0 Å². The number of ketones is 1. The van der Waals surface area contributed by atoms with E-state index in [1.165, 1.54) is 22.5 Å². The van der Waals surface area contributed by atoms with E-state index in [1.807, 2.05) is 55.6 Å². The van der Waals surface area contributed by atoms with Gasteiger partial charge in [0.05, 0.1) is 5.02 Å². The maximum absolute atomic E-state index is 14.3. The molecule has 0 saturated heterocycles. The van der Waals surface area contributed by atoms with Crippen LogP contribution in [0.3, 0.4) is 0 Å². The minimum absolute atomic E-state index is 0.0257. The van der Waals surface area contributed by atoms with E-state index in [4.69, 9.17) is 11.6 Å². The van der Waals surface area contributed by atoms with Crippen LogP contribution in [0.5, 0.6) is 0 Å². The van der Waals surface area contributed by atoms with Crippen molar-refractivity contribution in [2.45, 2.75) is 71.0 Å². The molecule has 1 aliphatic carbocycles. The number of nitrogens with zero attached hydrogens (tertiary/aromatic N) is 1. The number of aryl methyl sites for hydroxylation is 1. The van der Waals surface area contributed by atoms with E-state index < -0.39 is 0 Å². The molecule has 5 rings (SSSR count). The Bertz CT molecular complexity index is 1500. The first-order valence-corrected chi connectivity index (χ1v) is 15.5. The Hall–Kier alpha value is -2.99. The molecule has 0 bridgehead atoms. The molecular weight excluding hydrogens is 536 g/mol. The van der Waals surface area contributed by atoms with Crippen LogP contribution in [0.1, 0.15) is 77.1 Å². The molecule has 40 heavy (non-hydrogen) atoms. The first kappa shape index (κ1) is 28.5. The maximum Gasteiger partial charge on any atom is 0.266 e. The summed E-state index contributed by atoms with van der Waals surface area (Å²) in [6.45, 7) is 4.33. The summed E-state index contributed by atoms with van der Waals surface area (Å²) in [5.41, 5.74) is 5.32. The number of fused-ring (bicyclic) bond motifs is 1. The van der Waals surface area contributed by atoms with Crippen molar-refractivity contribution < 1.29 is 9.59 Å². The molecule has 3 aromatic carbocycles. The topological polar surface area (TPSA) is 49.4 Å². The number of thiophene rings is 1. The highest BCUT2D eigenvalue weighted by atomic mass is 35.5. The molecule has 4 nitrogen and oxygen atoms in total. The predicted molar refractivity (Wildman–Crippen MR) is 168 cm³/mol. The van der Waals surface area contributed by atoms with Crippen molar-refractivity contribution in [2.24, 2.45) is 0 Å². The number of amides is 1. The number of carbonyl (C=O) groups excluding carboxylic acids is 2. The zero-order valence-electron chi connectivity index (χ0n) is 23.5. The number of carbonyl (C=O) groups is 2. The Labute approximate surface area is 246 Å². The lowest BCUT2D eigenvalue weighted by Gasteiger charge is -2.37. The van der Waals surface area contributed by atoms with Gasteiger partial charge in [0.15, 0.2) is 5.78 Å². The lowest BCUT2D eigenvalue weighted by Crippen LogP contribution is -2.44. The Kier molecular flexibility index (Phi) is 9.04. The number of hydrogen-bond acceptors (Lipinski definition) is 4. The summed E-state index contributed by atoms with van der Waals surface area (Å²) < 4.78 is 1.04. The summed E-state index contributed by atoms with van der Waals surface area (Å²) in [5, 5.41) is 4.93. The van der Waals surface area contributed by atoms with Gasteiger partial charge in [-0.05, 0) is 80.5 Å². The molecular formula is C34H37ClN2O2S. The standard InChI is InChI=1S/C34H37ClN2O2S/c1-4-7-24-14-15-26(25-12-10-23(11-13-25)22(2)38)20-27(24)21-37(29-18-16-28(36-3)17-19-29)34(39)33-32(35)30-8-5-6-9-31(30)40-33/h5-6,8-15,20,28-29,36H,4,7,16-19,21H2,1-3H3/t28-,29-. The number of halogens is 1. The zero-order chi connectivity index (χ0) is 28.2. The zero-order valence-corrected chi connectivity index (χ0v) is 25.1. The van der Waals surface area contributed by atoms with Crippen LogP contribution >= 0.6 is 22.9 Å². The third-order valence-corrected chi connectivity index (χ3v) is 9.89. The van der Waals surface area contributed by atoms with E-state index in [2.05, 4.69) is 35.3 Å². The Morgan fingerprint density at radius 1 is 0.950 bits per heavy atom. The Morgan fingerprint density at radius 2 is 1.65 bits per heavy atom. The minimum atomic E-state index is 0.0257. The fraction of sp³-hybridized carbons (Fsp3) is 0.353. The van der Waals surface area contributed by atoms with E-state index in [9.17, 15) is 9.59 Å². The van der Waals surface area contributed by atoms with Crippen molar-refractivity contribution >= 4 is 44.7 Å². The van der Waals surface area contributed by atoms with Gasteiger partial charge in [-0.15, -0.1) is 11.3 Å². The summed E-state index contributed by atoms with van der Waals surface area (Å²) in [5.74, 6) is 0.0883. The van der Waals surface area contributed by atoms with Gasteiger partial charge in [0, 0.05) is 34.3 Å². The second-order valence-corrected chi connectivity index (χ2v) is 12.3. The van der Waals surface area contributed by atoms with Gasteiger partial charge >= 0.3 is 0 Å². The smallest absolute Gasteiger partial charge is 0.266 e. The van der Waals surface area contributed by atoms with E-state index in [0.717, 1.165) is 59.7 Å². The van der Waals surface area contributed by atoms with Crippen LogP contribution in [0.25, 0.3) is 21.2 Å². The monoisotopic (exact) mass is 572 g/mol. The molecule has 1 aromatic heterocycles.